The van der Waals surface area contributed by atoms with Crippen molar-refractivity contribution >= 4 is 45.0 Å². The van der Waals surface area contributed by atoms with Crippen LogP contribution < -0.4 is 5.32 Å². The molecule has 0 aliphatic carbocycles. The SMILES string of the molecule is O=C(Nc1ccc2ncccc2c1)c1cc(-c2ccc(Cl)cc2)nc2ccccc12. The summed E-state index contributed by atoms with van der Waals surface area (Å²) >= 11 is 6.02. The summed E-state index contributed by atoms with van der Waals surface area (Å²) in [5, 5.41) is 5.44. The molecular weight excluding hydrogens is 394 g/mol. The van der Waals surface area contributed by atoms with Crippen LogP contribution in [0.3, 0.4) is 0 Å². The number of aromatic nitrogens is 2. The Morgan fingerprint density at radius 2 is 1.67 bits per heavy atom. The number of fused-ring (bicyclic) bond motifs is 2. The highest BCUT2D eigenvalue weighted by Gasteiger charge is 2.14. The third kappa shape index (κ3) is 3.49. The summed E-state index contributed by atoms with van der Waals surface area (Å²) < 4.78 is 0. The zero-order valence-corrected chi connectivity index (χ0v) is 16.6. The van der Waals surface area contributed by atoms with E-state index in [4.69, 9.17) is 16.6 Å². The molecule has 3 aromatic carbocycles. The largest absolute Gasteiger partial charge is 0.322 e. The van der Waals surface area contributed by atoms with Gasteiger partial charge in [-0.25, -0.2) is 4.98 Å². The normalized spacial score (nSPS) is 11.0. The number of nitrogens with one attached hydrogen (secondary N) is 1. The van der Waals surface area contributed by atoms with Crippen LogP contribution in [0.1, 0.15) is 10.4 Å². The Morgan fingerprint density at radius 3 is 2.53 bits per heavy atom. The number of carbonyl (C=O) groups excluding carboxylic acids is 1. The van der Waals surface area contributed by atoms with Crippen LogP contribution in [0, 0.1) is 0 Å². The average molecular weight is 410 g/mol. The summed E-state index contributed by atoms with van der Waals surface area (Å²) in [5.41, 5.74) is 4.55. The molecule has 0 saturated carbocycles. The number of amides is 1. The van der Waals surface area contributed by atoms with Gasteiger partial charge in [-0.3, -0.25) is 9.78 Å². The van der Waals surface area contributed by atoms with Gasteiger partial charge in [0.05, 0.1) is 22.3 Å². The lowest BCUT2D eigenvalue weighted by Gasteiger charge is -2.11. The second-order valence-electron chi connectivity index (χ2n) is 6.94. The van der Waals surface area contributed by atoms with Gasteiger partial charge in [0.15, 0.2) is 0 Å². The van der Waals surface area contributed by atoms with Crippen molar-refractivity contribution in [3.8, 4) is 11.3 Å². The van der Waals surface area contributed by atoms with E-state index >= 15 is 0 Å². The van der Waals surface area contributed by atoms with E-state index in [2.05, 4.69) is 10.3 Å². The highest BCUT2D eigenvalue weighted by Crippen LogP contribution is 2.27. The van der Waals surface area contributed by atoms with Gasteiger partial charge in [0.2, 0.25) is 0 Å². The van der Waals surface area contributed by atoms with Crippen LogP contribution in [0.5, 0.6) is 0 Å². The first kappa shape index (κ1) is 18.3. The van der Waals surface area contributed by atoms with Crippen molar-refractivity contribution in [3.05, 3.63) is 102 Å². The highest BCUT2D eigenvalue weighted by molar-refractivity contribution is 6.30. The fourth-order valence-electron chi connectivity index (χ4n) is 3.48. The molecule has 5 heteroatoms. The average Bonchev–Trinajstić information content (AvgIpc) is 2.78. The lowest BCUT2D eigenvalue weighted by molar-refractivity contribution is 0.102. The number of hydrogen-bond acceptors (Lipinski definition) is 3. The van der Waals surface area contributed by atoms with E-state index in [9.17, 15) is 4.79 Å². The van der Waals surface area contributed by atoms with Crippen molar-refractivity contribution in [2.75, 3.05) is 5.32 Å². The number of rotatable bonds is 3. The number of nitrogens with zero attached hydrogens (tertiary/aromatic N) is 2. The molecule has 0 unspecified atom stereocenters. The molecule has 0 aliphatic rings. The minimum atomic E-state index is -0.188. The molecule has 5 rings (SSSR count). The van der Waals surface area contributed by atoms with Crippen LogP contribution >= 0.6 is 11.6 Å². The maximum Gasteiger partial charge on any atom is 0.256 e. The second-order valence-corrected chi connectivity index (χ2v) is 7.38. The van der Waals surface area contributed by atoms with Gasteiger partial charge in [-0.1, -0.05) is 48.0 Å². The molecule has 0 spiro atoms. The topological polar surface area (TPSA) is 54.9 Å². The van der Waals surface area contributed by atoms with Crippen molar-refractivity contribution in [3.63, 3.8) is 0 Å². The van der Waals surface area contributed by atoms with E-state index in [-0.39, 0.29) is 5.91 Å². The van der Waals surface area contributed by atoms with E-state index in [1.165, 1.54) is 0 Å². The Morgan fingerprint density at radius 1 is 0.833 bits per heavy atom. The number of anilines is 1. The Labute approximate surface area is 178 Å². The predicted molar refractivity (Wildman–Crippen MR) is 122 cm³/mol. The molecule has 1 N–H and O–H groups in total. The molecule has 4 nitrogen and oxygen atoms in total. The molecule has 1 amide bonds. The summed E-state index contributed by atoms with van der Waals surface area (Å²) in [7, 11) is 0. The van der Waals surface area contributed by atoms with Crippen LogP contribution in [0.4, 0.5) is 5.69 Å². The monoisotopic (exact) mass is 409 g/mol. The summed E-state index contributed by atoms with van der Waals surface area (Å²) in [6.07, 6.45) is 1.75. The number of benzene rings is 3. The standard InChI is InChI=1S/C25H16ClN3O/c26-18-9-7-16(8-10-18)24-15-21(20-5-1-2-6-23(20)29-24)25(30)28-19-11-12-22-17(14-19)4-3-13-27-22/h1-15H,(H,28,30). The molecule has 0 radical (unpaired) electrons. The van der Waals surface area contributed by atoms with Gasteiger partial charge in [0.25, 0.3) is 5.91 Å². The minimum absolute atomic E-state index is 0.188. The van der Waals surface area contributed by atoms with Gasteiger partial charge in [0, 0.05) is 33.2 Å². The number of para-hydroxylation sites is 1. The van der Waals surface area contributed by atoms with Crippen molar-refractivity contribution in [1.29, 1.82) is 0 Å². The number of halogens is 1. The van der Waals surface area contributed by atoms with Crippen LogP contribution in [-0.4, -0.2) is 15.9 Å². The summed E-state index contributed by atoms with van der Waals surface area (Å²) in [6, 6.07) is 26.4. The molecule has 2 aromatic heterocycles. The van der Waals surface area contributed by atoms with Crippen LogP contribution in [0.2, 0.25) is 5.02 Å². The molecule has 0 atom stereocenters. The van der Waals surface area contributed by atoms with Crippen molar-refractivity contribution < 1.29 is 4.79 Å². The molecular formula is C25H16ClN3O. The zero-order valence-electron chi connectivity index (χ0n) is 15.8. The molecule has 0 fully saturated rings. The Hall–Kier alpha value is -3.76. The van der Waals surface area contributed by atoms with Crippen LogP contribution in [-0.2, 0) is 0 Å². The lowest BCUT2D eigenvalue weighted by Crippen LogP contribution is -2.13. The first-order valence-electron chi connectivity index (χ1n) is 9.49. The second kappa shape index (κ2) is 7.58. The molecule has 144 valence electrons. The molecule has 0 aliphatic heterocycles. The van der Waals surface area contributed by atoms with E-state index in [1.54, 1.807) is 6.20 Å². The molecule has 2 heterocycles. The Bertz CT molecular complexity index is 1400. The van der Waals surface area contributed by atoms with Gasteiger partial charge in [0.1, 0.15) is 0 Å². The first-order chi connectivity index (χ1) is 14.7. The molecule has 0 bridgehead atoms. The van der Waals surface area contributed by atoms with Crippen molar-refractivity contribution in [2.24, 2.45) is 0 Å². The first-order valence-corrected chi connectivity index (χ1v) is 9.87. The quantitative estimate of drug-likeness (QED) is 0.377. The van der Waals surface area contributed by atoms with Crippen molar-refractivity contribution in [2.45, 2.75) is 0 Å². The van der Waals surface area contributed by atoms with E-state index < -0.39 is 0 Å². The van der Waals surface area contributed by atoms with Gasteiger partial charge in [-0.15, -0.1) is 0 Å². The van der Waals surface area contributed by atoms with Crippen molar-refractivity contribution in [1.82, 2.24) is 9.97 Å². The van der Waals surface area contributed by atoms with Gasteiger partial charge in [-0.05, 0) is 48.5 Å². The Balaban J connectivity index is 1.57. The Kier molecular flexibility index (Phi) is 4.62. The summed E-state index contributed by atoms with van der Waals surface area (Å²) in [4.78, 5) is 22.3. The summed E-state index contributed by atoms with van der Waals surface area (Å²) in [6.45, 7) is 0. The van der Waals surface area contributed by atoms with E-state index in [0.717, 1.165) is 38.8 Å². The van der Waals surface area contributed by atoms with E-state index in [1.807, 2.05) is 84.9 Å². The predicted octanol–water partition coefficient (Wildman–Crippen LogP) is 6.36. The van der Waals surface area contributed by atoms with E-state index in [0.29, 0.717) is 10.6 Å². The number of pyridine rings is 2. The third-order valence-electron chi connectivity index (χ3n) is 4.96. The van der Waals surface area contributed by atoms with Gasteiger partial charge < -0.3 is 5.32 Å². The third-order valence-corrected chi connectivity index (χ3v) is 5.21. The molecule has 5 aromatic rings. The maximum atomic E-state index is 13.2. The maximum absolute atomic E-state index is 13.2. The molecule has 0 saturated heterocycles. The minimum Gasteiger partial charge on any atom is -0.322 e. The number of carbonyl (C=O) groups is 1. The fraction of sp³-hybridized carbons (Fsp3) is 0. The molecule has 30 heavy (non-hydrogen) atoms. The smallest absolute Gasteiger partial charge is 0.256 e. The highest BCUT2D eigenvalue weighted by atomic mass is 35.5. The van der Waals surface area contributed by atoms with Gasteiger partial charge in [-0.2, -0.15) is 0 Å². The number of hydrogen-bond donors (Lipinski definition) is 1. The fourth-order valence-corrected chi connectivity index (χ4v) is 3.61. The van der Waals surface area contributed by atoms with Crippen LogP contribution in [0.15, 0.2) is 91.1 Å². The zero-order chi connectivity index (χ0) is 20.5. The summed E-state index contributed by atoms with van der Waals surface area (Å²) in [5.74, 6) is -0.188. The van der Waals surface area contributed by atoms with Gasteiger partial charge >= 0.3 is 0 Å². The van der Waals surface area contributed by atoms with Crippen LogP contribution in [0.25, 0.3) is 33.1 Å². The lowest BCUT2D eigenvalue weighted by atomic mass is 10.0.